The molecule has 3 heteroatoms. The normalized spacial score (nSPS) is 41.6. The average molecular weight is 352 g/mol. The highest BCUT2D eigenvalue weighted by atomic mass is 79.9. The highest BCUT2D eigenvalue weighted by Gasteiger charge is 2.59. The van der Waals surface area contributed by atoms with Crippen LogP contribution >= 0.6 is 31.9 Å². The zero-order valence-corrected chi connectivity index (χ0v) is 13.4. The number of hydrogen-bond acceptors (Lipinski definition) is 1. The first-order valence-corrected chi connectivity index (χ1v) is 7.71. The molecule has 0 heterocycles. The minimum Gasteiger partial charge on any atom is -0.297 e. The summed E-state index contributed by atoms with van der Waals surface area (Å²) < 4.78 is -0.494. The molecule has 0 saturated heterocycles. The molecule has 0 aliphatic heterocycles. The van der Waals surface area contributed by atoms with Crippen LogP contribution in [0.3, 0.4) is 0 Å². The van der Waals surface area contributed by atoms with Gasteiger partial charge in [-0.3, -0.25) is 4.79 Å². The van der Waals surface area contributed by atoms with Crippen LogP contribution in [0.1, 0.15) is 52.9 Å². The van der Waals surface area contributed by atoms with Gasteiger partial charge in [0.25, 0.3) is 0 Å². The third kappa shape index (κ3) is 1.82. The lowest BCUT2D eigenvalue weighted by Gasteiger charge is -2.56. The van der Waals surface area contributed by atoms with E-state index in [1.807, 2.05) is 0 Å². The van der Waals surface area contributed by atoms with Crippen molar-refractivity contribution in [3.05, 3.63) is 0 Å². The number of carbonyl (C=O) groups is 1. The topological polar surface area (TPSA) is 17.1 Å². The molecule has 2 aliphatic carbocycles. The standard InChI is InChI=1S/C13H20Br2O/c1-11(2)9-6-4-5-7-12(9,3)8-13(14,15)10(11)16/h9H,4-8H2,1-3H3/t9?,12-/m0/s1. The van der Waals surface area contributed by atoms with E-state index in [2.05, 4.69) is 52.6 Å². The number of ketones is 1. The number of fused-ring (bicyclic) bond motifs is 1. The molecule has 0 radical (unpaired) electrons. The van der Waals surface area contributed by atoms with Gasteiger partial charge in [-0.05, 0) is 30.6 Å². The number of halogens is 2. The fourth-order valence-corrected chi connectivity index (χ4v) is 6.36. The van der Waals surface area contributed by atoms with E-state index in [0.717, 1.165) is 6.42 Å². The molecule has 2 fully saturated rings. The van der Waals surface area contributed by atoms with Gasteiger partial charge in [0.15, 0.2) is 5.78 Å². The van der Waals surface area contributed by atoms with Crippen LogP contribution < -0.4 is 0 Å². The molecular weight excluding hydrogens is 332 g/mol. The second-order valence-electron chi connectivity index (χ2n) is 6.38. The number of Topliss-reactive ketones (excluding diaryl/α,β-unsaturated/α-hetero) is 1. The molecule has 1 nitrogen and oxygen atoms in total. The molecule has 0 N–H and O–H groups in total. The van der Waals surface area contributed by atoms with Crippen LogP contribution in [0, 0.1) is 16.7 Å². The van der Waals surface area contributed by atoms with Gasteiger partial charge in [0.05, 0.1) is 0 Å². The molecule has 0 spiro atoms. The van der Waals surface area contributed by atoms with Crippen LogP contribution in [0.2, 0.25) is 0 Å². The van der Waals surface area contributed by atoms with Crippen LogP contribution in [0.5, 0.6) is 0 Å². The molecule has 2 rings (SSSR count). The number of rotatable bonds is 0. The van der Waals surface area contributed by atoms with E-state index in [0.29, 0.717) is 17.1 Å². The first-order chi connectivity index (χ1) is 7.20. The Morgan fingerprint density at radius 3 is 2.44 bits per heavy atom. The number of alkyl halides is 2. The Hall–Kier alpha value is 0.630. The van der Waals surface area contributed by atoms with Crippen LogP contribution in [0.4, 0.5) is 0 Å². The Bertz CT molecular complexity index is 322. The van der Waals surface area contributed by atoms with E-state index >= 15 is 0 Å². The van der Waals surface area contributed by atoms with Crippen molar-refractivity contribution in [1.82, 2.24) is 0 Å². The molecule has 0 amide bonds. The lowest BCUT2D eigenvalue weighted by Crippen LogP contribution is -2.56. The Kier molecular flexibility index (Phi) is 3.11. The van der Waals surface area contributed by atoms with Gasteiger partial charge < -0.3 is 0 Å². The second-order valence-corrected chi connectivity index (χ2v) is 10.2. The maximum Gasteiger partial charge on any atom is 0.166 e. The molecule has 0 aromatic carbocycles. The lowest BCUT2D eigenvalue weighted by atomic mass is 9.51. The third-order valence-corrected chi connectivity index (χ3v) is 6.03. The Balaban J connectivity index is 2.42. The fourth-order valence-electron chi connectivity index (χ4n) is 4.06. The van der Waals surface area contributed by atoms with Crippen LogP contribution in [0.15, 0.2) is 0 Å². The van der Waals surface area contributed by atoms with Gasteiger partial charge in [-0.1, -0.05) is 65.5 Å². The second kappa shape index (κ2) is 3.81. The summed E-state index contributed by atoms with van der Waals surface area (Å²) in [6.07, 6.45) is 5.99. The molecule has 0 aromatic rings. The largest absolute Gasteiger partial charge is 0.297 e. The maximum absolute atomic E-state index is 12.5. The monoisotopic (exact) mass is 350 g/mol. The van der Waals surface area contributed by atoms with Crippen molar-refractivity contribution < 1.29 is 4.79 Å². The van der Waals surface area contributed by atoms with E-state index in [-0.39, 0.29) is 5.41 Å². The highest BCUT2D eigenvalue weighted by molar-refractivity contribution is 9.25. The summed E-state index contributed by atoms with van der Waals surface area (Å²) in [5.74, 6) is 0.869. The van der Waals surface area contributed by atoms with Crippen LogP contribution in [-0.2, 0) is 4.79 Å². The molecule has 2 saturated carbocycles. The zero-order chi connectivity index (χ0) is 12.2. The Morgan fingerprint density at radius 2 is 1.81 bits per heavy atom. The van der Waals surface area contributed by atoms with Crippen molar-refractivity contribution in [3.63, 3.8) is 0 Å². The summed E-state index contributed by atoms with van der Waals surface area (Å²) in [5, 5.41) is 0. The SMILES string of the molecule is CC1(C)C(=O)C(Br)(Br)C[C@]2(C)CCCCC12. The summed E-state index contributed by atoms with van der Waals surface area (Å²) in [5.41, 5.74) is 0.100. The fraction of sp³-hybridized carbons (Fsp3) is 0.923. The van der Waals surface area contributed by atoms with Gasteiger partial charge in [0.2, 0.25) is 0 Å². The Morgan fingerprint density at radius 1 is 1.19 bits per heavy atom. The molecule has 92 valence electrons. The molecule has 2 aliphatic rings. The van der Waals surface area contributed by atoms with E-state index in [1.165, 1.54) is 25.7 Å². The molecular formula is C13H20Br2O. The highest BCUT2D eigenvalue weighted by Crippen LogP contribution is 2.61. The van der Waals surface area contributed by atoms with Crippen LogP contribution in [0.25, 0.3) is 0 Å². The lowest BCUT2D eigenvalue weighted by molar-refractivity contribution is -0.142. The van der Waals surface area contributed by atoms with Crippen molar-refractivity contribution in [2.24, 2.45) is 16.7 Å². The first-order valence-electron chi connectivity index (χ1n) is 6.13. The van der Waals surface area contributed by atoms with Crippen molar-refractivity contribution in [2.75, 3.05) is 0 Å². The van der Waals surface area contributed by atoms with Gasteiger partial charge in [-0.25, -0.2) is 0 Å². The quantitative estimate of drug-likeness (QED) is 0.579. The van der Waals surface area contributed by atoms with Crippen LogP contribution in [-0.4, -0.2) is 9.02 Å². The van der Waals surface area contributed by atoms with E-state index in [1.54, 1.807) is 0 Å². The summed E-state index contributed by atoms with van der Waals surface area (Å²) in [6.45, 7) is 6.61. The Labute approximate surface area is 115 Å². The van der Waals surface area contributed by atoms with E-state index < -0.39 is 3.23 Å². The van der Waals surface area contributed by atoms with E-state index in [4.69, 9.17) is 0 Å². The summed E-state index contributed by atoms with van der Waals surface area (Å²) in [4.78, 5) is 12.5. The average Bonchev–Trinajstić information content (AvgIpc) is 2.13. The van der Waals surface area contributed by atoms with Crippen molar-refractivity contribution >= 4 is 37.6 Å². The molecule has 16 heavy (non-hydrogen) atoms. The predicted octanol–water partition coefficient (Wildman–Crippen LogP) is 4.67. The molecule has 0 bridgehead atoms. The van der Waals surface area contributed by atoms with Gasteiger partial charge in [0, 0.05) is 5.41 Å². The van der Waals surface area contributed by atoms with Gasteiger partial charge in [-0.2, -0.15) is 0 Å². The van der Waals surface area contributed by atoms with Crippen molar-refractivity contribution in [2.45, 2.75) is 56.1 Å². The summed E-state index contributed by atoms with van der Waals surface area (Å²) in [6, 6.07) is 0. The van der Waals surface area contributed by atoms with Gasteiger partial charge >= 0.3 is 0 Å². The first kappa shape index (κ1) is 13.1. The molecule has 2 atom stereocenters. The van der Waals surface area contributed by atoms with Gasteiger partial charge in [-0.15, -0.1) is 0 Å². The van der Waals surface area contributed by atoms with E-state index in [9.17, 15) is 4.79 Å². The minimum atomic E-state index is -0.494. The maximum atomic E-state index is 12.5. The van der Waals surface area contributed by atoms with Crippen molar-refractivity contribution in [1.29, 1.82) is 0 Å². The van der Waals surface area contributed by atoms with Gasteiger partial charge in [0.1, 0.15) is 3.23 Å². The molecule has 0 aromatic heterocycles. The number of hydrogen-bond donors (Lipinski definition) is 0. The summed E-state index contributed by atoms with van der Waals surface area (Å²) in [7, 11) is 0. The molecule has 1 unspecified atom stereocenters. The smallest absolute Gasteiger partial charge is 0.166 e. The van der Waals surface area contributed by atoms with Crippen molar-refractivity contribution in [3.8, 4) is 0 Å². The summed E-state index contributed by atoms with van der Waals surface area (Å²) >= 11 is 7.20. The minimum absolute atomic E-state index is 0.208. The predicted molar refractivity (Wildman–Crippen MR) is 74.1 cm³/mol. The number of carbonyl (C=O) groups excluding carboxylic acids is 1. The third-order valence-electron chi connectivity index (χ3n) is 4.75. The zero-order valence-electron chi connectivity index (χ0n) is 10.3.